The van der Waals surface area contributed by atoms with Crippen LogP contribution >= 0.6 is 0 Å². The summed E-state index contributed by atoms with van der Waals surface area (Å²) in [4.78, 5) is 4.01. The van der Waals surface area contributed by atoms with Crippen LogP contribution in [0.4, 0.5) is 5.82 Å². The number of pyridine rings is 1. The molecule has 106 valence electrons. The van der Waals surface area contributed by atoms with Gasteiger partial charge in [0.25, 0.3) is 0 Å². The number of hydrogen-bond donors (Lipinski definition) is 1. The van der Waals surface area contributed by atoms with Crippen LogP contribution in [0.1, 0.15) is 45.7 Å². The molecule has 2 aromatic heterocycles. The van der Waals surface area contributed by atoms with Crippen LogP contribution in [-0.2, 0) is 7.05 Å². The summed E-state index contributed by atoms with van der Waals surface area (Å²) in [6.07, 6.45) is 6.15. The van der Waals surface area contributed by atoms with Gasteiger partial charge in [0.15, 0.2) is 0 Å². The Balaban J connectivity index is 0.000000216. The summed E-state index contributed by atoms with van der Waals surface area (Å²) >= 11 is 0. The van der Waals surface area contributed by atoms with Crippen LogP contribution in [0.25, 0.3) is 10.9 Å². The van der Waals surface area contributed by atoms with Gasteiger partial charge in [-0.3, -0.25) is 4.68 Å². The first-order chi connectivity index (χ1) is 9.09. The van der Waals surface area contributed by atoms with Crippen LogP contribution in [0.2, 0.25) is 0 Å². The molecule has 4 heteroatoms. The highest BCUT2D eigenvalue weighted by Crippen LogP contribution is 2.24. The zero-order valence-electron chi connectivity index (χ0n) is 12.8. The molecule has 2 N–H and O–H groups in total. The molecular weight excluding hydrogens is 236 g/mol. The molecule has 1 aliphatic rings. The molecule has 0 radical (unpaired) electrons. The van der Waals surface area contributed by atoms with Crippen LogP contribution in [-0.4, -0.2) is 14.8 Å². The van der Waals surface area contributed by atoms with E-state index in [0.717, 1.165) is 22.5 Å². The lowest BCUT2D eigenvalue weighted by molar-refractivity contribution is 0.346. The van der Waals surface area contributed by atoms with Gasteiger partial charge in [-0.05, 0) is 18.9 Å². The maximum atomic E-state index is 5.71. The van der Waals surface area contributed by atoms with Crippen LogP contribution in [0.15, 0.2) is 12.3 Å². The van der Waals surface area contributed by atoms with Gasteiger partial charge in [0.2, 0.25) is 0 Å². The number of fused-ring (bicyclic) bond motifs is 1. The number of aryl methyl sites for hydroxylation is 2. The fourth-order valence-corrected chi connectivity index (χ4v) is 2.05. The number of aromatic nitrogens is 3. The molecular formula is C15H26N4. The Morgan fingerprint density at radius 1 is 1.32 bits per heavy atom. The second-order valence-electron chi connectivity index (χ2n) is 4.84. The Morgan fingerprint density at radius 3 is 2.32 bits per heavy atom. The Bertz CT molecular complexity index is 512. The summed E-state index contributed by atoms with van der Waals surface area (Å²) in [6.45, 7) is 8.24. The SMILES string of the molecule is CC.CC1CCC1.Cc1nn(C)c2ccnc(N)c12. The molecule has 0 aromatic carbocycles. The first-order valence-electron chi connectivity index (χ1n) is 7.13. The predicted molar refractivity (Wildman–Crippen MR) is 82.0 cm³/mol. The molecule has 0 atom stereocenters. The summed E-state index contributed by atoms with van der Waals surface area (Å²) in [5.74, 6) is 1.62. The molecule has 4 nitrogen and oxygen atoms in total. The van der Waals surface area contributed by atoms with Crippen molar-refractivity contribution in [3.05, 3.63) is 18.0 Å². The molecule has 0 saturated heterocycles. The summed E-state index contributed by atoms with van der Waals surface area (Å²) in [5, 5.41) is 5.21. The Hall–Kier alpha value is -1.58. The van der Waals surface area contributed by atoms with Gasteiger partial charge in [-0.2, -0.15) is 5.10 Å². The third-order valence-corrected chi connectivity index (χ3v) is 3.36. The normalized spacial score (nSPS) is 13.9. The summed E-state index contributed by atoms with van der Waals surface area (Å²) in [5.41, 5.74) is 7.66. The highest BCUT2D eigenvalue weighted by Gasteiger charge is 2.09. The molecule has 19 heavy (non-hydrogen) atoms. The van der Waals surface area contributed by atoms with Gasteiger partial charge in [0, 0.05) is 13.2 Å². The second-order valence-corrected chi connectivity index (χ2v) is 4.84. The van der Waals surface area contributed by atoms with Gasteiger partial charge in [-0.1, -0.05) is 40.0 Å². The van der Waals surface area contributed by atoms with Gasteiger partial charge in [-0.25, -0.2) is 4.98 Å². The minimum atomic E-state index is 0.554. The third-order valence-electron chi connectivity index (χ3n) is 3.36. The van der Waals surface area contributed by atoms with Crippen molar-refractivity contribution < 1.29 is 0 Å². The van der Waals surface area contributed by atoms with Gasteiger partial charge >= 0.3 is 0 Å². The van der Waals surface area contributed by atoms with E-state index in [4.69, 9.17) is 5.73 Å². The van der Waals surface area contributed by atoms with Crippen molar-refractivity contribution in [2.45, 2.75) is 47.0 Å². The molecule has 0 aliphatic heterocycles. The number of hydrogen-bond acceptors (Lipinski definition) is 3. The van der Waals surface area contributed by atoms with Crippen LogP contribution in [0.3, 0.4) is 0 Å². The van der Waals surface area contributed by atoms with E-state index in [-0.39, 0.29) is 0 Å². The monoisotopic (exact) mass is 262 g/mol. The van der Waals surface area contributed by atoms with E-state index in [1.807, 2.05) is 38.6 Å². The molecule has 3 rings (SSSR count). The zero-order chi connectivity index (χ0) is 14.4. The Morgan fingerprint density at radius 2 is 1.89 bits per heavy atom. The topological polar surface area (TPSA) is 56.7 Å². The molecule has 1 fully saturated rings. The first kappa shape index (κ1) is 15.5. The van der Waals surface area contributed by atoms with Crippen LogP contribution in [0.5, 0.6) is 0 Å². The Labute approximate surface area is 116 Å². The second kappa shape index (κ2) is 7.12. The molecule has 2 heterocycles. The van der Waals surface area contributed by atoms with Crippen molar-refractivity contribution in [1.82, 2.24) is 14.8 Å². The van der Waals surface area contributed by atoms with Crippen molar-refractivity contribution in [1.29, 1.82) is 0 Å². The van der Waals surface area contributed by atoms with E-state index in [2.05, 4.69) is 17.0 Å². The van der Waals surface area contributed by atoms with Crippen molar-refractivity contribution in [3.8, 4) is 0 Å². The smallest absolute Gasteiger partial charge is 0.134 e. The highest BCUT2D eigenvalue weighted by molar-refractivity contribution is 5.90. The molecule has 0 spiro atoms. The van der Waals surface area contributed by atoms with E-state index >= 15 is 0 Å². The summed E-state index contributed by atoms with van der Waals surface area (Å²) < 4.78 is 1.81. The number of nitrogen functional groups attached to an aromatic ring is 1. The number of rotatable bonds is 0. The molecule has 0 bridgehead atoms. The average molecular weight is 262 g/mol. The number of nitrogens with zero attached hydrogens (tertiary/aromatic N) is 3. The van der Waals surface area contributed by atoms with Crippen molar-refractivity contribution in [2.75, 3.05) is 5.73 Å². The van der Waals surface area contributed by atoms with Crippen LogP contribution in [0, 0.1) is 12.8 Å². The van der Waals surface area contributed by atoms with Crippen molar-refractivity contribution >= 4 is 16.7 Å². The fourth-order valence-electron chi connectivity index (χ4n) is 2.05. The highest BCUT2D eigenvalue weighted by atomic mass is 15.3. The van der Waals surface area contributed by atoms with Gasteiger partial charge in [-0.15, -0.1) is 0 Å². The van der Waals surface area contributed by atoms with Crippen LogP contribution < -0.4 is 5.73 Å². The number of nitrogens with two attached hydrogens (primary N) is 1. The minimum absolute atomic E-state index is 0.554. The lowest BCUT2D eigenvalue weighted by atomic mass is 9.88. The summed E-state index contributed by atoms with van der Waals surface area (Å²) in [7, 11) is 1.90. The van der Waals surface area contributed by atoms with E-state index in [1.165, 1.54) is 19.3 Å². The predicted octanol–water partition coefficient (Wildman–Crippen LogP) is 3.69. The molecule has 0 amide bonds. The van der Waals surface area contributed by atoms with Crippen molar-refractivity contribution in [2.24, 2.45) is 13.0 Å². The average Bonchev–Trinajstić information content (AvgIpc) is 2.67. The Kier molecular flexibility index (Phi) is 5.80. The minimum Gasteiger partial charge on any atom is -0.383 e. The van der Waals surface area contributed by atoms with E-state index in [9.17, 15) is 0 Å². The summed E-state index contributed by atoms with van der Waals surface area (Å²) in [6, 6.07) is 1.91. The van der Waals surface area contributed by atoms with E-state index < -0.39 is 0 Å². The molecule has 1 saturated carbocycles. The molecule has 2 aromatic rings. The molecule has 0 unspecified atom stereocenters. The third kappa shape index (κ3) is 3.69. The molecule has 1 aliphatic carbocycles. The van der Waals surface area contributed by atoms with E-state index in [1.54, 1.807) is 6.20 Å². The van der Waals surface area contributed by atoms with Crippen molar-refractivity contribution in [3.63, 3.8) is 0 Å². The lowest BCUT2D eigenvalue weighted by Crippen LogP contribution is -2.04. The van der Waals surface area contributed by atoms with Gasteiger partial charge < -0.3 is 5.73 Å². The maximum Gasteiger partial charge on any atom is 0.134 e. The quantitative estimate of drug-likeness (QED) is 0.787. The lowest BCUT2D eigenvalue weighted by Gasteiger charge is -2.18. The van der Waals surface area contributed by atoms with Gasteiger partial charge in [0.05, 0.1) is 16.6 Å². The maximum absolute atomic E-state index is 5.71. The van der Waals surface area contributed by atoms with E-state index in [0.29, 0.717) is 5.82 Å². The fraction of sp³-hybridized carbons (Fsp3) is 0.600. The zero-order valence-corrected chi connectivity index (χ0v) is 12.8. The standard InChI is InChI=1S/C8H10N4.C5H10.C2H6/c1-5-7-6(12(2)11-5)3-4-10-8(7)9;1-5-3-2-4-5;1-2/h3-4H,1-2H3,(H2,9,10);5H,2-4H2,1H3;1-2H3. The van der Waals surface area contributed by atoms with Gasteiger partial charge in [0.1, 0.15) is 5.82 Å². The largest absolute Gasteiger partial charge is 0.383 e. The number of anilines is 1. The first-order valence-corrected chi connectivity index (χ1v) is 7.13.